The summed E-state index contributed by atoms with van der Waals surface area (Å²) in [6.07, 6.45) is 1.14. The topological polar surface area (TPSA) is 105 Å². The average molecular weight is 521 g/mol. The second-order valence-electron chi connectivity index (χ2n) is 9.54. The number of hydrogen-bond donors (Lipinski definition) is 1. The minimum absolute atomic E-state index is 0.0706. The number of nitrogens with one attached hydrogen (secondary N) is 1. The largest absolute Gasteiger partial charge is 0.363 e. The first-order valence-corrected chi connectivity index (χ1v) is 12.9. The number of nitro benzene ring substituents is 1. The molecule has 39 heavy (non-hydrogen) atoms. The fourth-order valence-electron chi connectivity index (χ4n) is 5.06. The van der Waals surface area contributed by atoms with Crippen molar-refractivity contribution in [1.82, 2.24) is 24.9 Å². The van der Waals surface area contributed by atoms with E-state index in [0.717, 1.165) is 43.8 Å². The lowest BCUT2D eigenvalue weighted by atomic mass is 10.1. The molecule has 0 saturated carbocycles. The third-order valence-corrected chi connectivity index (χ3v) is 7.05. The molecule has 1 atom stereocenters. The van der Waals surface area contributed by atoms with Gasteiger partial charge in [-0.15, -0.1) is 5.10 Å². The quantitative estimate of drug-likeness (QED) is 0.232. The Morgan fingerprint density at radius 1 is 0.897 bits per heavy atom. The highest BCUT2D eigenvalue weighted by molar-refractivity contribution is 5.74. The van der Waals surface area contributed by atoms with Gasteiger partial charge in [-0.05, 0) is 35.9 Å². The molecule has 0 spiro atoms. The van der Waals surface area contributed by atoms with Crippen LogP contribution in [0.15, 0.2) is 97.2 Å². The van der Waals surface area contributed by atoms with Crippen molar-refractivity contribution >= 4 is 28.2 Å². The summed E-state index contributed by atoms with van der Waals surface area (Å²) in [6, 6.07) is 29.0. The first kappa shape index (κ1) is 24.5. The predicted molar refractivity (Wildman–Crippen MR) is 151 cm³/mol. The van der Waals surface area contributed by atoms with Crippen LogP contribution in [0.4, 0.5) is 17.2 Å². The van der Waals surface area contributed by atoms with Crippen LogP contribution in [0.25, 0.3) is 11.0 Å². The molecule has 10 heteroatoms. The van der Waals surface area contributed by atoms with E-state index in [0.29, 0.717) is 17.1 Å². The molecule has 5 aromatic rings. The molecule has 3 aromatic carbocycles. The van der Waals surface area contributed by atoms with Crippen LogP contribution in [0.1, 0.15) is 17.3 Å². The lowest BCUT2D eigenvalue weighted by Crippen LogP contribution is -2.46. The van der Waals surface area contributed by atoms with Crippen LogP contribution in [0.5, 0.6) is 0 Å². The fraction of sp³-hybridized carbons (Fsp3) is 0.207. The Balaban J connectivity index is 1.29. The molecule has 0 unspecified atom stereocenters. The lowest BCUT2D eigenvalue weighted by Gasteiger charge is -2.36. The Labute approximate surface area is 225 Å². The number of nitrogens with zero attached hydrogens (tertiary/aromatic N) is 7. The van der Waals surface area contributed by atoms with Crippen molar-refractivity contribution in [2.24, 2.45) is 0 Å². The first-order chi connectivity index (χ1) is 19.2. The summed E-state index contributed by atoms with van der Waals surface area (Å²) < 4.78 is 1.74. The number of anilines is 2. The number of para-hydroxylation sites is 1. The number of pyridine rings is 1. The van der Waals surface area contributed by atoms with Gasteiger partial charge in [-0.3, -0.25) is 15.0 Å². The summed E-state index contributed by atoms with van der Waals surface area (Å²) in [5.74, 6) is 0.628. The van der Waals surface area contributed by atoms with Gasteiger partial charge in [-0.1, -0.05) is 59.8 Å². The molecule has 196 valence electrons. The number of fused-ring (bicyclic) bond motifs is 1. The standard InChI is InChI=1S/C29H28N8O2/c38-37(39)27-20-23(13-14-26(27)35-18-16-34(17-19-35)21-22-8-2-1-3-9-22)29(31-28-12-6-7-15-30-28)36-25-11-5-4-10-24(25)32-33-36/h1-15,20,29H,16-19,21H2,(H,30,31)/t29-/m1/s1. The molecule has 1 aliphatic rings. The number of benzene rings is 3. The highest BCUT2D eigenvalue weighted by Gasteiger charge is 2.27. The van der Waals surface area contributed by atoms with Crippen molar-refractivity contribution < 1.29 is 4.92 Å². The van der Waals surface area contributed by atoms with E-state index in [4.69, 9.17) is 0 Å². The minimum Gasteiger partial charge on any atom is -0.363 e. The number of hydrogen-bond acceptors (Lipinski definition) is 8. The fourth-order valence-corrected chi connectivity index (χ4v) is 5.06. The van der Waals surface area contributed by atoms with Gasteiger partial charge < -0.3 is 10.2 Å². The van der Waals surface area contributed by atoms with Crippen LogP contribution in [0.2, 0.25) is 0 Å². The van der Waals surface area contributed by atoms with Crippen molar-refractivity contribution in [3.8, 4) is 0 Å². The molecule has 1 saturated heterocycles. The summed E-state index contributed by atoms with van der Waals surface area (Å²) >= 11 is 0. The molecular weight excluding hydrogens is 492 g/mol. The van der Waals surface area contributed by atoms with Gasteiger partial charge in [0.2, 0.25) is 0 Å². The maximum Gasteiger partial charge on any atom is 0.292 e. The average Bonchev–Trinajstić information content (AvgIpc) is 3.41. The molecule has 2 aromatic heterocycles. The Morgan fingerprint density at radius 2 is 1.67 bits per heavy atom. The molecule has 10 nitrogen and oxygen atoms in total. The van der Waals surface area contributed by atoms with E-state index in [1.54, 1.807) is 16.9 Å². The summed E-state index contributed by atoms with van der Waals surface area (Å²) in [4.78, 5) is 20.9. The SMILES string of the molecule is O=[N+]([O-])c1cc([C@H](Nc2ccccn2)n2nnc3ccccc32)ccc1N1CCN(Cc2ccccc2)CC1. The molecule has 1 aliphatic heterocycles. The normalized spacial score (nSPS) is 14.8. The van der Waals surface area contributed by atoms with Gasteiger partial charge in [0.25, 0.3) is 5.69 Å². The van der Waals surface area contributed by atoms with Crippen molar-refractivity contribution in [2.45, 2.75) is 12.7 Å². The van der Waals surface area contributed by atoms with Crippen molar-refractivity contribution in [1.29, 1.82) is 0 Å². The Hall–Kier alpha value is -4.83. The zero-order chi connectivity index (χ0) is 26.6. The zero-order valence-corrected chi connectivity index (χ0v) is 21.3. The molecular formula is C29H28N8O2. The number of piperazine rings is 1. The molecule has 1 N–H and O–H groups in total. The van der Waals surface area contributed by atoms with Crippen molar-refractivity contribution in [3.05, 3.63) is 118 Å². The van der Waals surface area contributed by atoms with Gasteiger partial charge >= 0.3 is 0 Å². The smallest absolute Gasteiger partial charge is 0.292 e. The van der Waals surface area contributed by atoms with Gasteiger partial charge in [0, 0.05) is 50.6 Å². The zero-order valence-electron chi connectivity index (χ0n) is 21.3. The minimum atomic E-state index is -0.553. The summed E-state index contributed by atoms with van der Waals surface area (Å²) in [7, 11) is 0. The van der Waals surface area contributed by atoms with Crippen LogP contribution >= 0.6 is 0 Å². The third kappa shape index (κ3) is 5.27. The van der Waals surface area contributed by atoms with Crippen LogP contribution in [0, 0.1) is 10.1 Å². The van der Waals surface area contributed by atoms with Crippen LogP contribution in [-0.4, -0.2) is 56.0 Å². The van der Waals surface area contributed by atoms with E-state index in [9.17, 15) is 10.1 Å². The Morgan fingerprint density at radius 3 is 2.44 bits per heavy atom. The number of nitro groups is 1. The van der Waals surface area contributed by atoms with Gasteiger partial charge in [-0.25, -0.2) is 9.67 Å². The molecule has 0 bridgehead atoms. The van der Waals surface area contributed by atoms with Gasteiger partial charge in [0.15, 0.2) is 0 Å². The molecule has 0 radical (unpaired) electrons. The van der Waals surface area contributed by atoms with Gasteiger partial charge in [0.1, 0.15) is 23.2 Å². The summed E-state index contributed by atoms with van der Waals surface area (Å²) in [5, 5.41) is 24.4. The maximum atomic E-state index is 12.3. The number of rotatable bonds is 8. The molecule has 1 fully saturated rings. The Kier molecular flexibility index (Phi) is 6.84. The monoisotopic (exact) mass is 520 g/mol. The van der Waals surface area contributed by atoms with E-state index >= 15 is 0 Å². The third-order valence-electron chi connectivity index (χ3n) is 7.05. The van der Waals surface area contributed by atoms with Crippen LogP contribution in [0.3, 0.4) is 0 Å². The van der Waals surface area contributed by atoms with E-state index in [2.05, 4.69) is 54.7 Å². The number of aromatic nitrogens is 4. The van der Waals surface area contributed by atoms with E-state index in [1.807, 2.05) is 60.7 Å². The van der Waals surface area contributed by atoms with Gasteiger partial charge in [0.05, 0.1) is 10.4 Å². The highest BCUT2D eigenvalue weighted by Crippen LogP contribution is 2.34. The summed E-state index contributed by atoms with van der Waals surface area (Å²) in [5.41, 5.74) is 4.21. The van der Waals surface area contributed by atoms with Crippen molar-refractivity contribution in [3.63, 3.8) is 0 Å². The molecule has 0 aliphatic carbocycles. The molecule has 6 rings (SSSR count). The summed E-state index contributed by atoms with van der Waals surface area (Å²) in [6.45, 7) is 3.99. The molecule has 3 heterocycles. The second-order valence-corrected chi connectivity index (χ2v) is 9.54. The Bertz CT molecular complexity index is 1570. The molecule has 0 amide bonds. The van der Waals surface area contributed by atoms with Crippen molar-refractivity contribution in [2.75, 3.05) is 36.4 Å². The lowest BCUT2D eigenvalue weighted by molar-refractivity contribution is -0.384. The maximum absolute atomic E-state index is 12.3. The van der Waals surface area contributed by atoms with Crippen LogP contribution < -0.4 is 10.2 Å². The van der Waals surface area contributed by atoms with E-state index < -0.39 is 6.17 Å². The van der Waals surface area contributed by atoms with E-state index in [1.165, 1.54) is 5.56 Å². The second kappa shape index (κ2) is 10.9. The predicted octanol–water partition coefficient (Wildman–Crippen LogP) is 4.72. The van der Waals surface area contributed by atoms with E-state index in [-0.39, 0.29) is 10.6 Å². The van der Waals surface area contributed by atoms with Gasteiger partial charge in [-0.2, -0.15) is 0 Å². The van der Waals surface area contributed by atoms with Crippen LogP contribution in [-0.2, 0) is 6.54 Å². The highest BCUT2D eigenvalue weighted by atomic mass is 16.6. The first-order valence-electron chi connectivity index (χ1n) is 12.9.